The van der Waals surface area contributed by atoms with Gasteiger partial charge in [-0.05, 0) is 31.2 Å². The van der Waals surface area contributed by atoms with Crippen LogP contribution in [0, 0.1) is 5.82 Å². The maximum Gasteiger partial charge on any atom is 0.146 e. The zero-order valence-electron chi connectivity index (χ0n) is 10.5. The van der Waals surface area contributed by atoms with Crippen LogP contribution in [-0.4, -0.2) is 7.05 Å². The number of hydrogen-bond donors (Lipinski definition) is 1. The van der Waals surface area contributed by atoms with Gasteiger partial charge >= 0.3 is 0 Å². The molecular formula is C15H14BrClFN. The van der Waals surface area contributed by atoms with Gasteiger partial charge in [-0.3, -0.25) is 0 Å². The van der Waals surface area contributed by atoms with Crippen LogP contribution in [0.4, 0.5) is 4.39 Å². The highest BCUT2D eigenvalue weighted by molar-refractivity contribution is 9.10. The van der Waals surface area contributed by atoms with E-state index in [1.165, 1.54) is 0 Å². The van der Waals surface area contributed by atoms with E-state index in [9.17, 15) is 4.39 Å². The highest BCUT2D eigenvalue weighted by Crippen LogP contribution is 2.27. The van der Waals surface area contributed by atoms with E-state index in [-0.39, 0.29) is 16.9 Å². The number of rotatable bonds is 4. The highest BCUT2D eigenvalue weighted by Gasteiger charge is 2.17. The monoisotopic (exact) mass is 341 g/mol. The van der Waals surface area contributed by atoms with E-state index in [0.717, 1.165) is 10.0 Å². The Morgan fingerprint density at radius 2 is 1.95 bits per heavy atom. The lowest BCUT2D eigenvalue weighted by atomic mass is 9.98. The predicted molar refractivity (Wildman–Crippen MR) is 81.1 cm³/mol. The van der Waals surface area contributed by atoms with Crippen molar-refractivity contribution in [2.24, 2.45) is 0 Å². The lowest BCUT2D eigenvalue weighted by Crippen LogP contribution is -2.20. The molecule has 2 aromatic rings. The molecule has 100 valence electrons. The minimum atomic E-state index is -0.351. The summed E-state index contributed by atoms with van der Waals surface area (Å²) in [5, 5.41) is 3.30. The first-order valence-electron chi connectivity index (χ1n) is 5.98. The first kappa shape index (κ1) is 14.5. The van der Waals surface area contributed by atoms with Crippen LogP contribution in [0.25, 0.3) is 0 Å². The molecule has 0 spiro atoms. The van der Waals surface area contributed by atoms with Crippen molar-refractivity contribution in [3.63, 3.8) is 0 Å². The van der Waals surface area contributed by atoms with E-state index in [0.29, 0.717) is 12.0 Å². The molecule has 0 fully saturated rings. The molecule has 0 amide bonds. The molecule has 0 saturated heterocycles. The van der Waals surface area contributed by atoms with Crippen molar-refractivity contribution in [3.05, 3.63) is 68.9 Å². The van der Waals surface area contributed by atoms with E-state index >= 15 is 0 Å². The molecule has 0 saturated carbocycles. The van der Waals surface area contributed by atoms with Gasteiger partial charge in [0.05, 0.1) is 5.02 Å². The van der Waals surface area contributed by atoms with Gasteiger partial charge < -0.3 is 5.32 Å². The van der Waals surface area contributed by atoms with Crippen molar-refractivity contribution in [1.29, 1.82) is 0 Å². The summed E-state index contributed by atoms with van der Waals surface area (Å²) in [7, 11) is 1.82. The quantitative estimate of drug-likeness (QED) is 0.846. The Morgan fingerprint density at radius 1 is 1.21 bits per heavy atom. The van der Waals surface area contributed by atoms with Gasteiger partial charge in [0.25, 0.3) is 0 Å². The van der Waals surface area contributed by atoms with Gasteiger partial charge in [0, 0.05) is 16.1 Å². The van der Waals surface area contributed by atoms with Gasteiger partial charge in [-0.2, -0.15) is 0 Å². The third-order valence-electron chi connectivity index (χ3n) is 3.09. The molecule has 1 unspecified atom stereocenters. The zero-order chi connectivity index (χ0) is 13.8. The lowest BCUT2D eigenvalue weighted by Gasteiger charge is -2.18. The molecule has 4 heteroatoms. The summed E-state index contributed by atoms with van der Waals surface area (Å²) in [5.41, 5.74) is 1.71. The van der Waals surface area contributed by atoms with Crippen LogP contribution in [0.1, 0.15) is 17.2 Å². The van der Waals surface area contributed by atoms with Crippen LogP contribution in [0.15, 0.2) is 46.9 Å². The zero-order valence-corrected chi connectivity index (χ0v) is 12.8. The Hall–Kier alpha value is -0.900. The maximum atomic E-state index is 14.1. The summed E-state index contributed by atoms with van der Waals surface area (Å²) in [6, 6.07) is 12.9. The fraction of sp³-hybridized carbons (Fsp3) is 0.200. The van der Waals surface area contributed by atoms with Gasteiger partial charge in [0.1, 0.15) is 5.82 Å². The topological polar surface area (TPSA) is 12.0 Å². The van der Waals surface area contributed by atoms with Crippen LogP contribution in [-0.2, 0) is 6.42 Å². The van der Waals surface area contributed by atoms with E-state index in [1.807, 2.05) is 31.3 Å². The normalized spacial score (nSPS) is 12.4. The summed E-state index contributed by atoms with van der Waals surface area (Å²) < 4.78 is 15.1. The van der Waals surface area contributed by atoms with Crippen LogP contribution in [0.5, 0.6) is 0 Å². The molecule has 0 heterocycles. The lowest BCUT2D eigenvalue weighted by molar-refractivity contribution is 0.534. The van der Waals surface area contributed by atoms with Crippen molar-refractivity contribution in [2.45, 2.75) is 12.5 Å². The molecule has 0 aromatic heterocycles. The third-order valence-corrected chi connectivity index (χ3v) is 4.15. The SMILES string of the molecule is CNC(Cc1ccccc1Br)c1cccc(Cl)c1F. The van der Waals surface area contributed by atoms with Crippen LogP contribution < -0.4 is 5.32 Å². The largest absolute Gasteiger partial charge is 0.313 e. The smallest absolute Gasteiger partial charge is 0.146 e. The fourth-order valence-corrected chi connectivity index (χ4v) is 2.67. The highest BCUT2D eigenvalue weighted by atomic mass is 79.9. The van der Waals surface area contributed by atoms with E-state index in [4.69, 9.17) is 11.6 Å². The molecule has 0 bridgehead atoms. The number of likely N-dealkylation sites (N-methyl/N-ethyl adjacent to an activating group) is 1. The summed E-state index contributed by atoms with van der Waals surface area (Å²) >= 11 is 9.35. The van der Waals surface area contributed by atoms with Crippen LogP contribution in [0.3, 0.4) is 0 Å². The van der Waals surface area contributed by atoms with E-state index in [2.05, 4.69) is 21.2 Å². The van der Waals surface area contributed by atoms with Crippen molar-refractivity contribution in [2.75, 3.05) is 7.05 Å². The van der Waals surface area contributed by atoms with Gasteiger partial charge in [0.2, 0.25) is 0 Å². The molecule has 1 atom stereocenters. The average Bonchev–Trinajstić information content (AvgIpc) is 2.41. The first-order valence-corrected chi connectivity index (χ1v) is 7.15. The van der Waals surface area contributed by atoms with Crippen molar-refractivity contribution in [1.82, 2.24) is 5.32 Å². The van der Waals surface area contributed by atoms with Crippen LogP contribution in [0.2, 0.25) is 5.02 Å². The van der Waals surface area contributed by atoms with Crippen molar-refractivity contribution >= 4 is 27.5 Å². The molecule has 19 heavy (non-hydrogen) atoms. The standard InChI is InChI=1S/C15H14BrClFN/c1-19-14(9-10-5-2-3-7-12(10)16)11-6-4-8-13(17)15(11)18/h2-8,14,19H,9H2,1H3. The first-order chi connectivity index (χ1) is 9.13. The number of halogens is 3. The Balaban J connectivity index is 2.31. The molecule has 1 nitrogen and oxygen atoms in total. The molecule has 0 aliphatic heterocycles. The second-order valence-electron chi connectivity index (χ2n) is 4.28. The maximum absolute atomic E-state index is 14.1. The molecule has 1 N–H and O–H groups in total. The Morgan fingerprint density at radius 3 is 2.63 bits per heavy atom. The Kier molecular flexibility index (Phi) is 4.97. The third kappa shape index (κ3) is 3.35. The van der Waals surface area contributed by atoms with Gasteiger partial charge in [0.15, 0.2) is 0 Å². The number of benzene rings is 2. The number of nitrogens with one attached hydrogen (secondary N) is 1. The van der Waals surface area contributed by atoms with Crippen LogP contribution >= 0.6 is 27.5 Å². The molecule has 0 radical (unpaired) electrons. The molecular weight excluding hydrogens is 329 g/mol. The van der Waals surface area contributed by atoms with Crippen molar-refractivity contribution in [3.8, 4) is 0 Å². The fourth-order valence-electron chi connectivity index (χ4n) is 2.04. The van der Waals surface area contributed by atoms with E-state index < -0.39 is 0 Å². The summed E-state index contributed by atoms with van der Waals surface area (Å²) in [4.78, 5) is 0. The van der Waals surface area contributed by atoms with Gasteiger partial charge in [-0.25, -0.2) is 4.39 Å². The molecule has 2 aromatic carbocycles. The minimum absolute atomic E-state index is 0.114. The number of hydrogen-bond acceptors (Lipinski definition) is 1. The van der Waals surface area contributed by atoms with Crippen molar-refractivity contribution < 1.29 is 4.39 Å². The summed E-state index contributed by atoms with van der Waals surface area (Å²) in [5.74, 6) is -0.351. The second kappa shape index (κ2) is 6.51. The van der Waals surface area contributed by atoms with E-state index in [1.54, 1.807) is 18.2 Å². The van der Waals surface area contributed by atoms with Gasteiger partial charge in [-0.15, -0.1) is 0 Å². The Bertz CT molecular complexity index is 574. The predicted octanol–water partition coefficient (Wildman–Crippen LogP) is 4.74. The molecule has 0 aliphatic rings. The second-order valence-corrected chi connectivity index (χ2v) is 5.54. The summed E-state index contributed by atoms with van der Waals surface area (Å²) in [6.45, 7) is 0. The molecule has 2 rings (SSSR count). The molecule has 0 aliphatic carbocycles. The van der Waals surface area contributed by atoms with Gasteiger partial charge in [-0.1, -0.05) is 57.9 Å². The summed E-state index contributed by atoms with van der Waals surface area (Å²) in [6.07, 6.45) is 0.690. The Labute approximate surface area is 125 Å². The average molecular weight is 343 g/mol. The minimum Gasteiger partial charge on any atom is -0.313 e.